The van der Waals surface area contributed by atoms with Crippen molar-refractivity contribution in [2.24, 2.45) is 5.92 Å². The first kappa shape index (κ1) is 27.2. The number of carbonyl (C=O) groups is 2. The van der Waals surface area contributed by atoms with E-state index in [-0.39, 0.29) is 11.1 Å². The number of benzene rings is 2. The van der Waals surface area contributed by atoms with E-state index in [0.29, 0.717) is 22.5 Å². The maximum absolute atomic E-state index is 11.9. The average Bonchev–Trinajstić information content (AvgIpc) is 3.36. The van der Waals surface area contributed by atoms with Crippen molar-refractivity contribution in [1.29, 1.82) is 0 Å². The fraction of sp³-hybridized carbons (Fsp3) is 0.212. The van der Waals surface area contributed by atoms with Crippen LogP contribution in [0.1, 0.15) is 24.1 Å². The van der Waals surface area contributed by atoms with Crippen LogP contribution >= 0.6 is 11.8 Å². The van der Waals surface area contributed by atoms with Crippen molar-refractivity contribution >= 4 is 56.7 Å². The Balaban J connectivity index is 1.02. The molecule has 2 aliphatic heterocycles. The van der Waals surface area contributed by atoms with E-state index in [4.69, 9.17) is 4.98 Å². The lowest BCUT2D eigenvalue weighted by atomic mass is 9.96. The summed E-state index contributed by atoms with van der Waals surface area (Å²) in [6.45, 7) is 3.33. The summed E-state index contributed by atoms with van der Waals surface area (Å²) >= 11 is 0.890. The summed E-state index contributed by atoms with van der Waals surface area (Å²) < 4.78 is 0. The second-order valence-electron chi connectivity index (χ2n) is 10.8. The lowest BCUT2D eigenvalue weighted by molar-refractivity contribution is -0.115. The van der Waals surface area contributed by atoms with Gasteiger partial charge in [0.2, 0.25) is 5.95 Å². The first-order valence-corrected chi connectivity index (χ1v) is 15.2. The summed E-state index contributed by atoms with van der Waals surface area (Å²) in [7, 11) is 0. The van der Waals surface area contributed by atoms with Gasteiger partial charge < -0.3 is 10.2 Å². The largest absolute Gasteiger partial charge is 0.341 e. The Hall–Kier alpha value is -4.67. The van der Waals surface area contributed by atoms with Gasteiger partial charge in [0, 0.05) is 48.4 Å². The molecule has 10 heteroatoms. The van der Waals surface area contributed by atoms with Gasteiger partial charge >= 0.3 is 0 Å². The molecule has 5 aromatic rings. The molecule has 0 radical (unpaired) electrons. The predicted octanol–water partition coefficient (Wildman–Crippen LogP) is 5.57. The van der Waals surface area contributed by atoms with E-state index < -0.39 is 0 Å². The molecule has 5 heterocycles. The van der Waals surface area contributed by atoms with Crippen LogP contribution in [0.5, 0.6) is 0 Å². The molecule has 2 aromatic carbocycles. The van der Waals surface area contributed by atoms with Crippen LogP contribution in [0.15, 0.2) is 84.0 Å². The molecule has 3 aromatic heterocycles. The van der Waals surface area contributed by atoms with Gasteiger partial charge in [0.1, 0.15) is 0 Å². The van der Waals surface area contributed by atoms with Crippen LogP contribution in [0.25, 0.3) is 39.1 Å². The number of fused-ring (bicyclic) bond motifs is 2. The number of carbonyl (C=O) groups excluding carboxylic acids is 2. The van der Waals surface area contributed by atoms with E-state index in [1.165, 1.54) is 5.56 Å². The van der Waals surface area contributed by atoms with E-state index in [9.17, 15) is 9.59 Å². The number of para-hydroxylation sites is 2. The van der Waals surface area contributed by atoms with Crippen molar-refractivity contribution in [2.75, 3.05) is 24.5 Å². The number of hydrogen-bond acceptors (Lipinski definition) is 9. The summed E-state index contributed by atoms with van der Waals surface area (Å²) in [6.07, 6.45) is 7.24. The molecule has 2 fully saturated rings. The Morgan fingerprint density at radius 3 is 2.56 bits per heavy atom. The van der Waals surface area contributed by atoms with E-state index >= 15 is 0 Å². The Bertz CT molecular complexity index is 1880. The number of rotatable bonds is 7. The minimum Gasteiger partial charge on any atom is -0.341 e. The van der Waals surface area contributed by atoms with Crippen LogP contribution in [-0.4, -0.2) is 50.7 Å². The fourth-order valence-corrected chi connectivity index (χ4v) is 6.39. The Kier molecular flexibility index (Phi) is 7.53. The van der Waals surface area contributed by atoms with Crippen molar-refractivity contribution in [3.8, 4) is 11.3 Å². The molecule has 9 nitrogen and oxygen atoms in total. The van der Waals surface area contributed by atoms with Gasteiger partial charge in [-0.25, -0.2) is 15.0 Å². The number of hydrogen-bond donors (Lipinski definition) is 2. The lowest BCUT2D eigenvalue weighted by Crippen LogP contribution is -2.38. The summed E-state index contributed by atoms with van der Waals surface area (Å²) in [5.74, 6) is 0.793. The second-order valence-corrected chi connectivity index (χ2v) is 11.8. The molecular formula is C33H29N7O2S. The summed E-state index contributed by atoms with van der Waals surface area (Å²) in [6, 6.07) is 22.5. The molecule has 0 unspecified atom stereocenters. The van der Waals surface area contributed by atoms with Crippen LogP contribution < -0.4 is 15.5 Å². The monoisotopic (exact) mass is 587 g/mol. The number of amides is 2. The molecule has 0 aliphatic carbocycles. The van der Waals surface area contributed by atoms with Gasteiger partial charge in [0.05, 0.1) is 27.3 Å². The number of pyridine rings is 2. The Labute approximate surface area is 252 Å². The molecule has 0 saturated carbocycles. The third-order valence-electron chi connectivity index (χ3n) is 7.94. The first-order chi connectivity index (χ1) is 21.1. The molecular weight excluding hydrogens is 558 g/mol. The SMILES string of the molecule is O=C1NC(=O)/C(=C/c2ccnc(N3CCC(CNCc4cc5ccccc5nc4-c4ccnc5ccccc45)CC3)n2)S1. The predicted molar refractivity (Wildman–Crippen MR) is 170 cm³/mol. The number of imide groups is 1. The fourth-order valence-electron chi connectivity index (χ4n) is 5.73. The van der Waals surface area contributed by atoms with Crippen LogP contribution in [-0.2, 0) is 11.3 Å². The highest BCUT2D eigenvalue weighted by Gasteiger charge is 2.26. The number of aromatic nitrogens is 4. The number of anilines is 1. The lowest BCUT2D eigenvalue weighted by Gasteiger charge is -2.32. The zero-order valence-electron chi connectivity index (χ0n) is 23.4. The van der Waals surface area contributed by atoms with E-state index in [1.54, 1.807) is 18.3 Å². The Morgan fingerprint density at radius 1 is 0.930 bits per heavy atom. The highest BCUT2D eigenvalue weighted by molar-refractivity contribution is 8.18. The van der Waals surface area contributed by atoms with Gasteiger partial charge in [0.15, 0.2) is 0 Å². The number of piperidine rings is 1. The standard InChI is InChI=1S/C33H29N7O2S/c41-31-29(43-33(42)39-31)18-24-9-13-36-32(37-24)40-15-11-21(12-16-40)19-34-20-23-17-22-5-1-3-7-27(22)38-30(23)26-10-14-35-28-8-4-2-6-25(26)28/h1-10,13-14,17-18,21,34H,11-12,15-16,19-20H2,(H,39,41,42)/b29-18-. The molecule has 43 heavy (non-hydrogen) atoms. The smallest absolute Gasteiger partial charge is 0.290 e. The quantitative estimate of drug-likeness (QED) is 0.236. The van der Waals surface area contributed by atoms with Crippen molar-refractivity contribution < 1.29 is 9.59 Å². The van der Waals surface area contributed by atoms with Crippen LogP contribution in [0.2, 0.25) is 0 Å². The van der Waals surface area contributed by atoms with Gasteiger partial charge in [-0.2, -0.15) is 0 Å². The van der Waals surface area contributed by atoms with Crippen molar-refractivity contribution in [2.45, 2.75) is 19.4 Å². The second kappa shape index (κ2) is 11.9. The van der Waals surface area contributed by atoms with Crippen molar-refractivity contribution in [3.63, 3.8) is 0 Å². The van der Waals surface area contributed by atoms with Crippen molar-refractivity contribution in [3.05, 3.63) is 95.3 Å². The summed E-state index contributed by atoms with van der Waals surface area (Å²) in [4.78, 5) is 44.7. The first-order valence-electron chi connectivity index (χ1n) is 14.4. The van der Waals surface area contributed by atoms with Gasteiger partial charge in [-0.3, -0.25) is 19.9 Å². The van der Waals surface area contributed by atoms with Crippen molar-refractivity contribution in [1.82, 2.24) is 30.6 Å². The maximum Gasteiger partial charge on any atom is 0.290 e. The third-order valence-corrected chi connectivity index (χ3v) is 8.75. The molecule has 2 amide bonds. The molecule has 2 N–H and O–H groups in total. The summed E-state index contributed by atoms with van der Waals surface area (Å²) in [5, 5.41) is 7.87. The van der Waals surface area contributed by atoms with Gasteiger partial charge in [0.25, 0.3) is 11.1 Å². The topological polar surface area (TPSA) is 113 Å². The number of nitrogens with zero attached hydrogens (tertiary/aromatic N) is 5. The molecule has 2 saturated heterocycles. The van der Waals surface area contributed by atoms with Gasteiger partial charge in [-0.05, 0) is 79.0 Å². The molecule has 2 aliphatic rings. The van der Waals surface area contributed by atoms with E-state index in [1.807, 2.05) is 30.5 Å². The minimum atomic E-state index is -0.385. The normalized spacial score (nSPS) is 16.8. The van der Waals surface area contributed by atoms with Gasteiger partial charge in [-0.1, -0.05) is 36.4 Å². The maximum atomic E-state index is 11.9. The summed E-state index contributed by atoms with van der Waals surface area (Å²) in [5.41, 5.74) is 5.81. The molecule has 0 spiro atoms. The Morgan fingerprint density at radius 2 is 1.72 bits per heavy atom. The van der Waals surface area contributed by atoms with Crippen LogP contribution in [0, 0.1) is 5.92 Å². The van der Waals surface area contributed by atoms with Crippen LogP contribution in [0.4, 0.5) is 10.7 Å². The highest BCUT2D eigenvalue weighted by Crippen LogP contribution is 2.31. The molecule has 7 rings (SSSR count). The van der Waals surface area contributed by atoms with Gasteiger partial charge in [-0.15, -0.1) is 0 Å². The van der Waals surface area contributed by atoms with Crippen LogP contribution in [0.3, 0.4) is 0 Å². The highest BCUT2D eigenvalue weighted by atomic mass is 32.2. The zero-order valence-corrected chi connectivity index (χ0v) is 24.2. The molecule has 214 valence electrons. The average molecular weight is 588 g/mol. The third kappa shape index (κ3) is 5.84. The molecule has 0 bridgehead atoms. The number of thioether (sulfide) groups is 1. The molecule has 0 atom stereocenters. The van der Waals surface area contributed by atoms with E-state index in [0.717, 1.165) is 83.8 Å². The van der Waals surface area contributed by atoms with E-state index in [2.05, 4.69) is 66.9 Å². The minimum absolute atomic E-state index is 0.348. The zero-order chi connectivity index (χ0) is 29.2. The number of nitrogens with one attached hydrogen (secondary N) is 2.